The number of aromatic nitrogens is 5. The summed E-state index contributed by atoms with van der Waals surface area (Å²) in [5.41, 5.74) is 13.3. The highest BCUT2D eigenvalue weighted by atomic mass is 15.0. The number of aryl methyl sites for hydroxylation is 2. The van der Waals surface area contributed by atoms with Crippen molar-refractivity contribution in [2.24, 2.45) is 0 Å². The molecule has 0 radical (unpaired) electrons. The Hall–Kier alpha value is -6.59. The number of rotatable bonds is 9. The molecule has 250 valence electrons. The predicted molar refractivity (Wildman–Crippen MR) is 212 cm³/mol. The molecule has 52 heavy (non-hydrogen) atoms. The lowest BCUT2D eigenvalue weighted by molar-refractivity contribution is 1.07. The maximum atomic E-state index is 5.10. The first kappa shape index (κ1) is 32.6. The topological polar surface area (TPSA) is 64.5 Å². The van der Waals surface area contributed by atoms with E-state index in [4.69, 9.17) is 15.0 Å². The van der Waals surface area contributed by atoms with Gasteiger partial charge in [-0.1, -0.05) is 135 Å². The van der Waals surface area contributed by atoms with Gasteiger partial charge in [0.05, 0.1) is 0 Å². The van der Waals surface area contributed by atoms with E-state index >= 15 is 0 Å². The molecule has 0 saturated heterocycles. The molecule has 5 heteroatoms. The molecule has 8 rings (SSSR count). The second-order valence-corrected chi connectivity index (χ2v) is 12.7. The van der Waals surface area contributed by atoms with Gasteiger partial charge in [-0.3, -0.25) is 0 Å². The zero-order valence-corrected chi connectivity index (χ0v) is 29.2. The minimum Gasteiger partial charge on any atom is -0.237 e. The molecule has 0 aliphatic carbocycles. The quantitative estimate of drug-likeness (QED) is 0.153. The van der Waals surface area contributed by atoms with E-state index in [1.54, 1.807) is 12.4 Å². The minimum absolute atomic E-state index is 0.617. The third kappa shape index (κ3) is 6.77. The Bertz CT molecular complexity index is 2400. The van der Waals surface area contributed by atoms with Gasteiger partial charge < -0.3 is 0 Å². The van der Waals surface area contributed by atoms with E-state index in [1.807, 2.05) is 66.7 Å². The average Bonchev–Trinajstić information content (AvgIpc) is 3.24. The summed E-state index contributed by atoms with van der Waals surface area (Å²) in [6.45, 7) is 4.45. The largest absolute Gasteiger partial charge is 0.237 e. The Labute approximate surface area is 304 Å². The molecule has 0 unspecified atom stereocenters. The Kier molecular flexibility index (Phi) is 9.23. The van der Waals surface area contributed by atoms with Crippen molar-refractivity contribution in [1.29, 1.82) is 0 Å². The molecule has 0 aliphatic heterocycles. The summed E-state index contributed by atoms with van der Waals surface area (Å²) in [5.74, 6) is 2.59. The number of benzene rings is 6. The third-order valence-corrected chi connectivity index (χ3v) is 9.45. The van der Waals surface area contributed by atoms with Crippen molar-refractivity contribution in [3.05, 3.63) is 175 Å². The highest BCUT2D eigenvalue weighted by Crippen LogP contribution is 2.37. The minimum atomic E-state index is 0.617. The van der Waals surface area contributed by atoms with Crippen LogP contribution in [0.5, 0.6) is 0 Å². The summed E-state index contributed by atoms with van der Waals surface area (Å²) in [6.07, 6.45) is 5.46. The van der Waals surface area contributed by atoms with Crippen LogP contribution >= 0.6 is 0 Å². The molecule has 0 N–H and O–H groups in total. The molecule has 2 heterocycles. The van der Waals surface area contributed by atoms with E-state index < -0.39 is 0 Å². The predicted octanol–water partition coefficient (Wildman–Crippen LogP) is 11.5. The van der Waals surface area contributed by atoms with Crippen LogP contribution in [0, 0.1) is 0 Å². The Morgan fingerprint density at radius 2 is 0.788 bits per heavy atom. The first-order valence-electron chi connectivity index (χ1n) is 17.8. The first-order chi connectivity index (χ1) is 25.7. The summed E-state index contributed by atoms with van der Waals surface area (Å²) in [6, 6.07) is 52.8. The fourth-order valence-electron chi connectivity index (χ4n) is 6.69. The van der Waals surface area contributed by atoms with Gasteiger partial charge in [-0.2, -0.15) is 0 Å². The molecular formula is C47H37N5. The Balaban J connectivity index is 1.33. The van der Waals surface area contributed by atoms with Crippen molar-refractivity contribution < 1.29 is 0 Å². The molecule has 0 atom stereocenters. The highest BCUT2D eigenvalue weighted by Gasteiger charge is 2.16. The van der Waals surface area contributed by atoms with Gasteiger partial charge >= 0.3 is 0 Å². The summed E-state index contributed by atoms with van der Waals surface area (Å²) >= 11 is 0. The molecule has 0 fully saturated rings. The van der Waals surface area contributed by atoms with Gasteiger partial charge in [0.25, 0.3) is 0 Å². The second kappa shape index (κ2) is 14.7. The second-order valence-electron chi connectivity index (χ2n) is 12.7. The molecule has 5 nitrogen and oxygen atoms in total. The SMILES string of the molecule is CCc1ccccc1-c1cc(-c2cc(-c3ccc(-c4ncccn4)cc3)cc(-c3nc(-c4ccccc4)nc(-c4ccccc4)n3)c2)ccc1CC. The smallest absolute Gasteiger partial charge is 0.164 e. The van der Waals surface area contributed by atoms with Crippen molar-refractivity contribution in [1.82, 2.24) is 24.9 Å². The van der Waals surface area contributed by atoms with E-state index in [0.717, 1.165) is 57.3 Å². The van der Waals surface area contributed by atoms with Crippen molar-refractivity contribution in [3.63, 3.8) is 0 Å². The maximum Gasteiger partial charge on any atom is 0.164 e. The van der Waals surface area contributed by atoms with E-state index in [0.29, 0.717) is 23.3 Å². The van der Waals surface area contributed by atoms with Crippen LogP contribution in [0.15, 0.2) is 164 Å². The lowest BCUT2D eigenvalue weighted by Gasteiger charge is -2.16. The fraction of sp³-hybridized carbons (Fsp3) is 0.0851. The van der Waals surface area contributed by atoms with Crippen LogP contribution in [0.2, 0.25) is 0 Å². The molecule has 8 aromatic rings. The average molecular weight is 672 g/mol. The normalized spacial score (nSPS) is 11.0. The molecular weight excluding hydrogens is 635 g/mol. The van der Waals surface area contributed by atoms with E-state index in [2.05, 4.69) is 109 Å². The van der Waals surface area contributed by atoms with Crippen molar-refractivity contribution in [2.75, 3.05) is 0 Å². The van der Waals surface area contributed by atoms with Gasteiger partial charge in [0.15, 0.2) is 23.3 Å². The van der Waals surface area contributed by atoms with Gasteiger partial charge in [0, 0.05) is 34.6 Å². The van der Waals surface area contributed by atoms with Gasteiger partial charge in [-0.05, 0) is 87.7 Å². The molecule has 2 aromatic heterocycles. The van der Waals surface area contributed by atoms with E-state index in [9.17, 15) is 0 Å². The summed E-state index contributed by atoms with van der Waals surface area (Å²) in [4.78, 5) is 24.0. The van der Waals surface area contributed by atoms with Crippen molar-refractivity contribution >= 4 is 0 Å². The third-order valence-electron chi connectivity index (χ3n) is 9.45. The summed E-state index contributed by atoms with van der Waals surface area (Å²) in [5, 5.41) is 0. The van der Waals surface area contributed by atoms with Crippen LogP contribution in [-0.2, 0) is 12.8 Å². The Morgan fingerprint density at radius 1 is 0.327 bits per heavy atom. The fourth-order valence-corrected chi connectivity index (χ4v) is 6.69. The highest BCUT2D eigenvalue weighted by molar-refractivity contribution is 5.84. The van der Waals surface area contributed by atoms with Crippen LogP contribution in [0.25, 0.3) is 78.9 Å². The number of hydrogen-bond acceptors (Lipinski definition) is 5. The molecule has 0 amide bonds. The van der Waals surface area contributed by atoms with Gasteiger partial charge in [-0.15, -0.1) is 0 Å². The van der Waals surface area contributed by atoms with Gasteiger partial charge in [-0.25, -0.2) is 24.9 Å². The lowest BCUT2D eigenvalue weighted by Crippen LogP contribution is -2.00. The zero-order valence-electron chi connectivity index (χ0n) is 29.2. The molecule has 0 bridgehead atoms. The maximum absolute atomic E-state index is 5.10. The lowest BCUT2D eigenvalue weighted by atomic mass is 9.89. The van der Waals surface area contributed by atoms with Crippen LogP contribution < -0.4 is 0 Å². The molecule has 0 aliphatic rings. The number of nitrogens with zero attached hydrogens (tertiary/aromatic N) is 5. The monoisotopic (exact) mass is 671 g/mol. The van der Waals surface area contributed by atoms with Crippen molar-refractivity contribution in [3.8, 4) is 78.9 Å². The van der Waals surface area contributed by atoms with Gasteiger partial charge in [0.1, 0.15) is 0 Å². The van der Waals surface area contributed by atoms with Crippen LogP contribution in [0.4, 0.5) is 0 Å². The van der Waals surface area contributed by atoms with E-state index in [-0.39, 0.29) is 0 Å². The zero-order chi connectivity index (χ0) is 35.3. The summed E-state index contributed by atoms with van der Waals surface area (Å²) in [7, 11) is 0. The van der Waals surface area contributed by atoms with Crippen molar-refractivity contribution in [2.45, 2.75) is 26.7 Å². The van der Waals surface area contributed by atoms with Crippen LogP contribution in [0.1, 0.15) is 25.0 Å². The Morgan fingerprint density at radius 3 is 1.40 bits per heavy atom. The molecule has 0 saturated carbocycles. The summed E-state index contributed by atoms with van der Waals surface area (Å²) < 4.78 is 0. The number of hydrogen-bond donors (Lipinski definition) is 0. The standard InChI is InChI=1S/C47H37N5/c1-3-32-14-11-12-19-42(32)43-31-38(25-20-33(43)4-2)40-28-39(34-21-23-37(24-22-34)44-48-26-13-27-49-44)29-41(30-40)47-51-45(35-15-7-5-8-16-35)50-46(52-47)36-17-9-6-10-18-36/h5-31H,3-4H2,1-2H3. The van der Waals surface area contributed by atoms with Gasteiger partial charge in [0.2, 0.25) is 0 Å². The van der Waals surface area contributed by atoms with E-state index in [1.165, 1.54) is 22.3 Å². The molecule has 0 spiro atoms. The molecule has 6 aromatic carbocycles. The van der Waals surface area contributed by atoms with Crippen LogP contribution in [0.3, 0.4) is 0 Å². The first-order valence-corrected chi connectivity index (χ1v) is 17.8. The van der Waals surface area contributed by atoms with Crippen LogP contribution in [-0.4, -0.2) is 24.9 Å².